The molecule has 0 bridgehead atoms. The molecule has 0 saturated carbocycles. The second-order valence-corrected chi connectivity index (χ2v) is 6.39. The number of benzene rings is 1. The quantitative estimate of drug-likeness (QED) is 0.856. The van der Waals surface area contributed by atoms with Crippen molar-refractivity contribution in [1.29, 1.82) is 5.26 Å². The number of sulfone groups is 1. The van der Waals surface area contributed by atoms with Crippen molar-refractivity contribution in [2.75, 3.05) is 0 Å². The number of halogens is 1. The average molecular weight is 323 g/mol. The van der Waals surface area contributed by atoms with Crippen LogP contribution in [0, 0.1) is 11.3 Å². The van der Waals surface area contributed by atoms with Crippen molar-refractivity contribution in [3.8, 4) is 6.07 Å². The Morgan fingerprint density at radius 1 is 1.33 bits per heavy atom. The third kappa shape index (κ3) is 3.66. The molecule has 0 radical (unpaired) electrons. The van der Waals surface area contributed by atoms with Crippen LogP contribution in [0.5, 0.6) is 0 Å². The summed E-state index contributed by atoms with van der Waals surface area (Å²) in [6.45, 7) is 0.286. The first-order chi connectivity index (χ1) is 10.0. The van der Waals surface area contributed by atoms with Crippen LogP contribution in [0.1, 0.15) is 5.76 Å². The van der Waals surface area contributed by atoms with Crippen LogP contribution >= 0.6 is 11.6 Å². The molecule has 2 aromatic rings. The summed E-state index contributed by atoms with van der Waals surface area (Å²) >= 11 is 5.72. The van der Waals surface area contributed by atoms with E-state index in [2.05, 4.69) is 5.32 Å². The van der Waals surface area contributed by atoms with Crippen LogP contribution in [0.15, 0.2) is 63.1 Å². The van der Waals surface area contributed by atoms with Gasteiger partial charge in [0.1, 0.15) is 11.8 Å². The monoisotopic (exact) mass is 322 g/mol. The Labute approximate surface area is 127 Å². The maximum Gasteiger partial charge on any atom is 0.218 e. The van der Waals surface area contributed by atoms with E-state index in [4.69, 9.17) is 21.3 Å². The molecule has 0 amide bonds. The highest BCUT2D eigenvalue weighted by molar-refractivity contribution is 7.95. The summed E-state index contributed by atoms with van der Waals surface area (Å²) in [7, 11) is -3.86. The zero-order valence-electron chi connectivity index (χ0n) is 10.8. The van der Waals surface area contributed by atoms with Gasteiger partial charge in [-0.3, -0.25) is 0 Å². The molecular formula is C14H11ClN2O3S. The Hall–Kier alpha value is -2.23. The van der Waals surface area contributed by atoms with Gasteiger partial charge in [0.2, 0.25) is 9.84 Å². The summed E-state index contributed by atoms with van der Waals surface area (Å²) in [5, 5.41) is 12.2. The van der Waals surface area contributed by atoms with Crippen LogP contribution in [0.2, 0.25) is 5.02 Å². The molecule has 1 N–H and O–H groups in total. The number of nitriles is 1. The van der Waals surface area contributed by atoms with Gasteiger partial charge in [-0.05, 0) is 36.4 Å². The van der Waals surface area contributed by atoms with E-state index < -0.39 is 9.84 Å². The van der Waals surface area contributed by atoms with E-state index in [1.165, 1.54) is 30.5 Å². The lowest BCUT2D eigenvalue weighted by molar-refractivity contribution is 0.499. The minimum absolute atomic E-state index is 0.0134. The predicted octanol–water partition coefficient (Wildman–Crippen LogP) is 2.86. The minimum atomic E-state index is -3.86. The lowest BCUT2D eigenvalue weighted by atomic mass is 10.4. The standard InChI is InChI=1S/C14H11ClN2O3S/c15-11-3-5-13(6-4-11)21(18,19)14(8-16)10-17-9-12-2-1-7-20-12/h1-7,10,17H,9H2. The van der Waals surface area contributed by atoms with Crippen LogP contribution in [0.4, 0.5) is 0 Å². The minimum Gasteiger partial charge on any atom is -0.467 e. The van der Waals surface area contributed by atoms with Crippen molar-refractivity contribution in [2.24, 2.45) is 0 Å². The molecule has 7 heteroatoms. The van der Waals surface area contributed by atoms with Crippen molar-refractivity contribution in [3.63, 3.8) is 0 Å². The Bertz CT molecular complexity index is 773. The Morgan fingerprint density at radius 3 is 2.62 bits per heavy atom. The molecule has 21 heavy (non-hydrogen) atoms. The van der Waals surface area contributed by atoms with E-state index in [0.29, 0.717) is 10.8 Å². The molecule has 0 aliphatic heterocycles. The molecule has 0 saturated heterocycles. The van der Waals surface area contributed by atoms with Gasteiger partial charge in [0.15, 0.2) is 4.91 Å². The molecule has 1 aromatic carbocycles. The van der Waals surface area contributed by atoms with Crippen molar-refractivity contribution in [3.05, 3.63) is 64.5 Å². The second-order valence-electron chi connectivity index (χ2n) is 4.04. The number of hydrogen-bond acceptors (Lipinski definition) is 5. The zero-order valence-corrected chi connectivity index (χ0v) is 12.4. The highest BCUT2D eigenvalue weighted by Crippen LogP contribution is 2.20. The Morgan fingerprint density at radius 2 is 2.05 bits per heavy atom. The van der Waals surface area contributed by atoms with Crippen molar-refractivity contribution >= 4 is 21.4 Å². The number of nitrogens with zero attached hydrogens (tertiary/aromatic N) is 1. The van der Waals surface area contributed by atoms with Gasteiger partial charge >= 0.3 is 0 Å². The molecule has 0 fully saturated rings. The van der Waals surface area contributed by atoms with Gasteiger partial charge in [-0.2, -0.15) is 5.26 Å². The van der Waals surface area contributed by atoms with Crippen molar-refractivity contribution in [1.82, 2.24) is 5.32 Å². The van der Waals surface area contributed by atoms with Gasteiger partial charge in [-0.15, -0.1) is 0 Å². The van der Waals surface area contributed by atoms with Crippen LogP contribution in [-0.4, -0.2) is 8.42 Å². The lowest BCUT2D eigenvalue weighted by Crippen LogP contribution is -2.10. The largest absolute Gasteiger partial charge is 0.467 e. The normalized spacial score (nSPS) is 11.9. The molecule has 1 heterocycles. The van der Waals surface area contributed by atoms with Crippen LogP contribution in [0.3, 0.4) is 0 Å². The molecule has 0 aliphatic carbocycles. The summed E-state index contributed by atoms with van der Waals surface area (Å²) in [6.07, 6.45) is 2.67. The van der Waals surface area contributed by atoms with E-state index in [9.17, 15) is 8.42 Å². The molecule has 108 valence electrons. The molecule has 0 aliphatic rings. The first-order valence-corrected chi connectivity index (χ1v) is 7.77. The van der Waals surface area contributed by atoms with Gasteiger partial charge in [0.05, 0.1) is 17.7 Å². The summed E-state index contributed by atoms with van der Waals surface area (Å²) < 4.78 is 29.6. The van der Waals surface area contributed by atoms with Crippen LogP contribution in [0.25, 0.3) is 0 Å². The molecular weight excluding hydrogens is 312 g/mol. The van der Waals surface area contributed by atoms with Gasteiger partial charge in [0.25, 0.3) is 0 Å². The summed E-state index contributed by atoms with van der Waals surface area (Å²) in [5.41, 5.74) is 0. The number of hydrogen-bond donors (Lipinski definition) is 1. The molecule has 0 unspecified atom stereocenters. The number of nitrogens with one attached hydrogen (secondary N) is 1. The van der Waals surface area contributed by atoms with E-state index in [1.54, 1.807) is 18.2 Å². The second kappa shape index (κ2) is 6.48. The van der Waals surface area contributed by atoms with E-state index in [0.717, 1.165) is 6.20 Å². The maximum atomic E-state index is 12.3. The van der Waals surface area contributed by atoms with Crippen molar-refractivity contribution < 1.29 is 12.8 Å². The molecule has 0 spiro atoms. The van der Waals surface area contributed by atoms with E-state index >= 15 is 0 Å². The number of allylic oxidation sites excluding steroid dienone is 1. The lowest BCUT2D eigenvalue weighted by Gasteiger charge is -2.04. The fourth-order valence-electron chi connectivity index (χ4n) is 1.57. The zero-order chi connectivity index (χ0) is 15.3. The third-order valence-corrected chi connectivity index (χ3v) is 4.55. The van der Waals surface area contributed by atoms with Crippen molar-refractivity contribution in [2.45, 2.75) is 11.4 Å². The third-order valence-electron chi connectivity index (χ3n) is 2.61. The highest BCUT2D eigenvalue weighted by atomic mass is 35.5. The number of furan rings is 1. The van der Waals surface area contributed by atoms with Gasteiger partial charge in [-0.25, -0.2) is 8.42 Å². The fraction of sp³-hybridized carbons (Fsp3) is 0.0714. The van der Waals surface area contributed by atoms with E-state index in [1.807, 2.05) is 0 Å². The summed E-state index contributed by atoms with van der Waals surface area (Å²) in [4.78, 5) is -0.365. The molecule has 5 nitrogen and oxygen atoms in total. The summed E-state index contributed by atoms with van der Waals surface area (Å²) in [6, 6.07) is 10.8. The fourth-order valence-corrected chi connectivity index (χ4v) is 2.80. The highest BCUT2D eigenvalue weighted by Gasteiger charge is 2.20. The smallest absolute Gasteiger partial charge is 0.218 e. The van der Waals surface area contributed by atoms with Gasteiger partial charge < -0.3 is 9.73 Å². The number of rotatable bonds is 5. The topological polar surface area (TPSA) is 83.1 Å². The molecule has 2 rings (SSSR count). The summed E-state index contributed by atoms with van der Waals surface area (Å²) in [5.74, 6) is 0.632. The van der Waals surface area contributed by atoms with Gasteiger partial charge in [0, 0.05) is 11.2 Å². The predicted molar refractivity (Wildman–Crippen MR) is 77.9 cm³/mol. The average Bonchev–Trinajstić information content (AvgIpc) is 2.97. The Balaban J connectivity index is 2.19. The Kier molecular flexibility index (Phi) is 4.68. The molecule has 0 atom stereocenters. The first kappa shape index (κ1) is 15.2. The molecule has 1 aromatic heterocycles. The van der Waals surface area contributed by atoms with E-state index in [-0.39, 0.29) is 16.3 Å². The SMILES string of the molecule is N#CC(=CNCc1ccco1)S(=O)(=O)c1ccc(Cl)cc1. The first-order valence-electron chi connectivity index (χ1n) is 5.91. The van der Waals surface area contributed by atoms with Crippen LogP contribution < -0.4 is 5.32 Å². The van der Waals surface area contributed by atoms with Gasteiger partial charge in [-0.1, -0.05) is 11.6 Å². The van der Waals surface area contributed by atoms with Crippen LogP contribution in [-0.2, 0) is 16.4 Å². The maximum absolute atomic E-state index is 12.3.